The van der Waals surface area contributed by atoms with Gasteiger partial charge in [0.15, 0.2) is 0 Å². The first-order valence-corrected chi connectivity index (χ1v) is 7.08. The van der Waals surface area contributed by atoms with E-state index in [2.05, 4.69) is 41.4 Å². The van der Waals surface area contributed by atoms with Crippen LogP contribution in [0.4, 0.5) is 5.69 Å². The summed E-state index contributed by atoms with van der Waals surface area (Å²) in [5.74, 6) is 1.00. The zero-order valence-corrected chi connectivity index (χ0v) is 11.3. The molecule has 100 valence electrons. The zero-order chi connectivity index (χ0) is 12.6. The Balaban J connectivity index is 1.88. The Bertz CT molecular complexity index is 348. The maximum absolute atomic E-state index is 5.80. The van der Waals surface area contributed by atoms with Crippen LogP contribution >= 0.6 is 0 Å². The minimum absolute atomic E-state index is 0.832. The van der Waals surface area contributed by atoms with Crippen molar-refractivity contribution in [2.24, 2.45) is 0 Å². The van der Waals surface area contributed by atoms with Crippen molar-refractivity contribution in [2.75, 3.05) is 37.7 Å². The van der Waals surface area contributed by atoms with Gasteiger partial charge in [0.05, 0.1) is 6.61 Å². The van der Waals surface area contributed by atoms with Crippen molar-refractivity contribution in [3.63, 3.8) is 0 Å². The maximum Gasteiger partial charge on any atom is 0.121 e. The molecular formula is C15H24N2O. The highest BCUT2D eigenvalue weighted by molar-refractivity contribution is 5.51. The Labute approximate surface area is 110 Å². The lowest BCUT2D eigenvalue weighted by Gasteiger charge is -2.29. The third kappa shape index (κ3) is 3.91. The molecule has 1 N–H and O–H groups in total. The summed E-state index contributed by atoms with van der Waals surface area (Å²) in [6.45, 7) is 7.35. The van der Waals surface area contributed by atoms with Gasteiger partial charge in [-0.3, -0.25) is 0 Å². The molecule has 0 amide bonds. The van der Waals surface area contributed by atoms with E-state index in [1.807, 2.05) is 0 Å². The second kappa shape index (κ2) is 7.27. The lowest BCUT2D eigenvalue weighted by molar-refractivity contribution is 0.306. The van der Waals surface area contributed by atoms with Crippen molar-refractivity contribution in [3.8, 4) is 5.75 Å². The fourth-order valence-corrected chi connectivity index (χ4v) is 2.24. The Hall–Kier alpha value is -1.22. The van der Waals surface area contributed by atoms with E-state index in [1.54, 1.807) is 0 Å². The van der Waals surface area contributed by atoms with Crippen molar-refractivity contribution in [2.45, 2.75) is 26.2 Å². The van der Waals surface area contributed by atoms with Crippen LogP contribution in [0.15, 0.2) is 24.3 Å². The Kier molecular flexibility index (Phi) is 5.34. The van der Waals surface area contributed by atoms with Crippen molar-refractivity contribution < 1.29 is 4.74 Å². The zero-order valence-electron chi connectivity index (χ0n) is 11.3. The summed E-state index contributed by atoms with van der Waals surface area (Å²) < 4.78 is 5.80. The van der Waals surface area contributed by atoms with Crippen LogP contribution in [0.3, 0.4) is 0 Å². The molecule has 0 aromatic heterocycles. The van der Waals surface area contributed by atoms with Crippen molar-refractivity contribution in [1.29, 1.82) is 0 Å². The predicted octanol–water partition coefficient (Wildman–Crippen LogP) is 2.67. The van der Waals surface area contributed by atoms with Crippen molar-refractivity contribution in [1.82, 2.24) is 5.32 Å². The summed E-state index contributed by atoms with van der Waals surface area (Å²) in [6, 6.07) is 8.48. The summed E-state index contributed by atoms with van der Waals surface area (Å²) >= 11 is 0. The molecule has 0 spiro atoms. The van der Waals surface area contributed by atoms with Gasteiger partial charge in [0.2, 0.25) is 0 Å². The van der Waals surface area contributed by atoms with Crippen LogP contribution in [0.5, 0.6) is 5.75 Å². The largest absolute Gasteiger partial charge is 0.494 e. The van der Waals surface area contributed by atoms with Crippen LogP contribution in [0, 0.1) is 0 Å². The van der Waals surface area contributed by atoms with E-state index in [9.17, 15) is 0 Å². The molecule has 0 unspecified atom stereocenters. The molecule has 3 heteroatoms. The molecule has 1 aromatic carbocycles. The first-order valence-electron chi connectivity index (χ1n) is 7.08. The summed E-state index contributed by atoms with van der Waals surface area (Å²) in [5, 5.41) is 3.37. The van der Waals surface area contributed by atoms with Crippen LogP contribution in [-0.4, -0.2) is 32.8 Å². The molecule has 0 saturated carbocycles. The lowest BCUT2D eigenvalue weighted by Crippen LogP contribution is -2.43. The molecule has 0 aliphatic carbocycles. The molecule has 1 fully saturated rings. The number of hydrogen-bond donors (Lipinski definition) is 1. The molecule has 1 aliphatic rings. The van der Waals surface area contributed by atoms with Gasteiger partial charge in [-0.1, -0.05) is 25.8 Å². The molecule has 2 rings (SSSR count). The van der Waals surface area contributed by atoms with Crippen LogP contribution in [0.1, 0.15) is 26.2 Å². The van der Waals surface area contributed by atoms with E-state index in [1.165, 1.54) is 18.5 Å². The second-order valence-corrected chi connectivity index (χ2v) is 4.79. The first kappa shape index (κ1) is 13.2. The van der Waals surface area contributed by atoms with Crippen LogP contribution in [-0.2, 0) is 0 Å². The SMILES string of the molecule is CCCCCOc1cccc(N2CCNCC2)c1. The van der Waals surface area contributed by atoms with Crippen LogP contribution in [0.25, 0.3) is 0 Å². The Morgan fingerprint density at radius 1 is 1.22 bits per heavy atom. The van der Waals surface area contributed by atoms with E-state index in [-0.39, 0.29) is 0 Å². The van der Waals surface area contributed by atoms with E-state index < -0.39 is 0 Å². The summed E-state index contributed by atoms with van der Waals surface area (Å²) in [7, 11) is 0. The van der Waals surface area contributed by atoms with E-state index in [4.69, 9.17) is 4.74 Å². The van der Waals surface area contributed by atoms with E-state index in [0.29, 0.717) is 0 Å². The number of ether oxygens (including phenoxy) is 1. The van der Waals surface area contributed by atoms with Gasteiger partial charge < -0.3 is 15.0 Å². The van der Waals surface area contributed by atoms with Crippen molar-refractivity contribution >= 4 is 5.69 Å². The highest BCUT2D eigenvalue weighted by atomic mass is 16.5. The minimum atomic E-state index is 0.832. The van der Waals surface area contributed by atoms with Gasteiger partial charge >= 0.3 is 0 Å². The summed E-state index contributed by atoms with van der Waals surface area (Å²) in [5.41, 5.74) is 1.28. The van der Waals surface area contributed by atoms with E-state index in [0.717, 1.165) is 45.0 Å². The van der Waals surface area contributed by atoms with Gasteiger partial charge in [0, 0.05) is 37.9 Å². The van der Waals surface area contributed by atoms with Crippen molar-refractivity contribution in [3.05, 3.63) is 24.3 Å². The fraction of sp³-hybridized carbons (Fsp3) is 0.600. The lowest BCUT2D eigenvalue weighted by atomic mass is 10.2. The molecule has 1 aliphatic heterocycles. The maximum atomic E-state index is 5.80. The van der Waals surface area contributed by atoms with Crippen LogP contribution in [0.2, 0.25) is 0 Å². The van der Waals surface area contributed by atoms with Gasteiger partial charge in [0.1, 0.15) is 5.75 Å². The number of benzene rings is 1. The molecule has 0 bridgehead atoms. The molecule has 18 heavy (non-hydrogen) atoms. The molecule has 1 saturated heterocycles. The number of piperazine rings is 1. The number of nitrogens with zero attached hydrogens (tertiary/aromatic N) is 1. The number of rotatable bonds is 6. The molecule has 3 nitrogen and oxygen atoms in total. The quantitative estimate of drug-likeness (QED) is 0.783. The van der Waals surface area contributed by atoms with E-state index >= 15 is 0 Å². The molecule has 1 aromatic rings. The number of anilines is 1. The third-order valence-corrected chi connectivity index (χ3v) is 3.32. The fourth-order valence-electron chi connectivity index (χ4n) is 2.24. The van der Waals surface area contributed by atoms with Gasteiger partial charge in [-0.15, -0.1) is 0 Å². The average Bonchev–Trinajstić information content (AvgIpc) is 2.45. The molecule has 0 radical (unpaired) electrons. The van der Waals surface area contributed by atoms with Gasteiger partial charge in [-0.05, 0) is 18.6 Å². The number of unbranched alkanes of at least 4 members (excludes halogenated alkanes) is 2. The highest BCUT2D eigenvalue weighted by Gasteiger charge is 2.10. The third-order valence-electron chi connectivity index (χ3n) is 3.32. The molecule has 1 heterocycles. The minimum Gasteiger partial charge on any atom is -0.494 e. The summed E-state index contributed by atoms with van der Waals surface area (Å²) in [4.78, 5) is 2.41. The van der Waals surface area contributed by atoms with Gasteiger partial charge in [-0.25, -0.2) is 0 Å². The summed E-state index contributed by atoms with van der Waals surface area (Å²) in [6.07, 6.45) is 3.63. The normalized spacial score (nSPS) is 15.7. The average molecular weight is 248 g/mol. The standard InChI is InChI=1S/C15H24N2O/c1-2-3-4-12-18-15-7-5-6-14(13-15)17-10-8-16-9-11-17/h5-7,13,16H,2-4,8-12H2,1H3. The van der Waals surface area contributed by atoms with Gasteiger partial charge in [0.25, 0.3) is 0 Å². The molecule has 0 atom stereocenters. The second-order valence-electron chi connectivity index (χ2n) is 4.79. The topological polar surface area (TPSA) is 24.5 Å². The molecular weight excluding hydrogens is 224 g/mol. The van der Waals surface area contributed by atoms with Crippen LogP contribution < -0.4 is 15.0 Å². The predicted molar refractivity (Wildman–Crippen MR) is 76.5 cm³/mol. The Morgan fingerprint density at radius 2 is 2.06 bits per heavy atom. The highest BCUT2D eigenvalue weighted by Crippen LogP contribution is 2.21. The van der Waals surface area contributed by atoms with Gasteiger partial charge in [-0.2, -0.15) is 0 Å². The smallest absolute Gasteiger partial charge is 0.121 e. The monoisotopic (exact) mass is 248 g/mol. The Morgan fingerprint density at radius 3 is 2.83 bits per heavy atom. The first-order chi connectivity index (χ1) is 8.90. The number of hydrogen-bond acceptors (Lipinski definition) is 3. The number of nitrogens with one attached hydrogen (secondary N) is 1.